The van der Waals surface area contributed by atoms with Crippen LogP contribution in [0.3, 0.4) is 0 Å². The van der Waals surface area contributed by atoms with Gasteiger partial charge in [-0.25, -0.2) is 4.39 Å². The minimum absolute atomic E-state index is 0. The topological polar surface area (TPSA) is 59.6 Å². The standard InChI is InChI=1S/C20H23FN2O3.ClH/c1-13-5-7-18(19(10-13)25-2)26-17-8-6-15(11-16(17)21)23-20(24)12-14-4-3-9-22-14;/h5-8,10-11,14,22H,3-4,9,12H2,1-2H3,(H,23,24);1H. The molecule has 7 heteroatoms. The molecule has 0 bridgehead atoms. The third-order valence-corrected chi connectivity index (χ3v) is 4.35. The van der Waals surface area contributed by atoms with Gasteiger partial charge in [-0.2, -0.15) is 0 Å². The average molecular weight is 395 g/mol. The van der Waals surface area contributed by atoms with Gasteiger partial charge in [0.05, 0.1) is 7.11 Å². The Morgan fingerprint density at radius 2 is 2.00 bits per heavy atom. The van der Waals surface area contributed by atoms with Gasteiger partial charge in [0.2, 0.25) is 5.91 Å². The summed E-state index contributed by atoms with van der Waals surface area (Å²) in [5.41, 5.74) is 1.43. The third kappa shape index (κ3) is 5.58. The van der Waals surface area contributed by atoms with Crippen LogP contribution in [0.15, 0.2) is 36.4 Å². The molecule has 1 saturated heterocycles. The molecule has 2 N–H and O–H groups in total. The van der Waals surface area contributed by atoms with Gasteiger partial charge < -0.3 is 20.1 Å². The highest BCUT2D eigenvalue weighted by atomic mass is 35.5. The molecule has 1 aliphatic heterocycles. The summed E-state index contributed by atoms with van der Waals surface area (Å²) in [5, 5.41) is 6.00. The highest BCUT2D eigenvalue weighted by molar-refractivity contribution is 5.91. The molecule has 1 heterocycles. The van der Waals surface area contributed by atoms with Crippen molar-refractivity contribution in [2.24, 2.45) is 0 Å². The monoisotopic (exact) mass is 394 g/mol. The van der Waals surface area contributed by atoms with E-state index < -0.39 is 5.82 Å². The van der Waals surface area contributed by atoms with Crippen LogP contribution in [0, 0.1) is 12.7 Å². The predicted octanol–water partition coefficient (Wildman–Crippen LogP) is 4.44. The van der Waals surface area contributed by atoms with Crippen molar-refractivity contribution in [3.63, 3.8) is 0 Å². The highest BCUT2D eigenvalue weighted by Crippen LogP contribution is 2.34. The van der Waals surface area contributed by atoms with E-state index in [2.05, 4.69) is 10.6 Å². The van der Waals surface area contributed by atoms with Gasteiger partial charge in [-0.15, -0.1) is 12.4 Å². The van der Waals surface area contributed by atoms with Crippen LogP contribution in [0.2, 0.25) is 0 Å². The molecule has 1 fully saturated rings. The van der Waals surface area contributed by atoms with E-state index in [-0.39, 0.29) is 30.1 Å². The quantitative estimate of drug-likeness (QED) is 0.760. The van der Waals surface area contributed by atoms with Gasteiger partial charge in [0.15, 0.2) is 23.1 Å². The van der Waals surface area contributed by atoms with Crippen LogP contribution < -0.4 is 20.1 Å². The smallest absolute Gasteiger partial charge is 0.225 e. The number of ether oxygens (including phenoxy) is 2. The van der Waals surface area contributed by atoms with Gasteiger partial charge in [-0.1, -0.05) is 6.07 Å². The number of anilines is 1. The second-order valence-electron chi connectivity index (χ2n) is 6.45. The van der Waals surface area contributed by atoms with Crippen LogP contribution in [0.1, 0.15) is 24.8 Å². The number of carbonyl (C=O) groups is 1. The van der Waals surface area contributed by atoms with Crippen molar-refractivity contribution in [2.45, 2.75) is 32.2 Å². The van der Waals surface area contributed by atoms with Gasteiger partial charge in [-0.3, -0.25) is 4.79 Å². The van der Waals surface area contributed by atoms with Crippen LogP contribution in [0.4, 0.5) is 10.1 Å². The van der Waals surface area contributed by atoms with E-state index >= 15 is 0 Å². The molecule has 1 aliphatic rings. The minimum atomic E-state index is -0.551. The zero-order chi connectivity index (χ0) is 18.5. The Labute approximate surface area is 164 Å². The molecule has 1 unspecified atom stereocenters. The summed E-state index contributed by atoms with van der Waals surface area (Å²) >= 11 is 0. The highest BCUT2D eigenvalue weighted by Gasteiger charge is 2.18. The predicted molar refractivity (Wildman–Crippen MR) is 106 cm³/mol. The first kappa shape index (κ1) is 21.0. The van der Waals surface area contributed by atoms with Gasteiger partial charge in [-0.05, 0) is 56.1 Å². The Kier molecular flexibility index (Phi) is 7.45. The zero-order valence-electron chi connectivity index (χ0n) is 15.4. The van der Waals surface area contributed by atoms with Gasteiger partial charge in [0.1, 0.15) is 0 Å². The molecule has 0 aliphatic carbocycles. The van der Waals surface area contributed by atoms with E-state index in [1.807, 2.05) is 19.1 Å². The van der Waals surface area contributed by atoms with Crippen molar-refractivity contribution in [2.75, 3.05) is 19.0 Å². The fourth-order valence-corrected chi connectivity index (χ4v) is 3.01. The number of benzene rings is 2. The largest absolute Gasteiger partial charge is 0.493 e. The van der Waals surface area contributed by atoms with E-state index in [4.69, 9.17) is 9.47 Å². The Morgan fingerprint density at radius 3 is 2.67 bits per heavy atom. The number of carbonyl (C=O) groups excluding carboxylic acids is 1. The molecule has 2 aromatic carbocycles. The molecule has 27 heavy (non-hydrogen) atoms. The molecule has 5 nitrogen and oxygen atoms in total. The fraction of sp³-hybridized carbons (Fsp3) is 0.350. The lowest BCUT2D eigenvalue weighted by atomic mass is 10.1. The molecular weight excluding hydrogens is 371 g/mol. The molecule has 146 valence electrons. The second kappa shape index (κ2) is 9.58. The van der Waals surface area contributed by atoms with E-state index in [0.717, 1.165) is 24.9 Å². The maximum Gasteiger partial charge on any atom is 0.225 e. The number of rotatable bonds is 6. The first-order valence-corrected chi connectivity index (χ1v) is 8.70. The van der Waals surface area contributed by atoms with Gasteiger partial charge in [0, 0.05) is 24.2 Å². The van der Waals surface area contributed by atoms with Gasteiger partial charge in [0.25, 0.3) is 0 Å². The SMILES string of the molecule is COc1cc(C)ccc1Oc1ccc(NC(=O)CC2CCCN2)cc1F.Cl. The lowest BCUT2D eigenvalue weighted by Crippen LogP contribution is -2.27. The molecular formula is C20H24ClFN2O3. The normalized spacial score (nSPS) is 15.7. The first-order valence-electron chi connectivity index (χ1n) is 8.70. The summed E-state index contributed by atoms with van der Waals surface area (Å²) in [7, 11) is 1.54. The van der Waals surface area contributed by atoms with Crippen LogP contribution >= 0.6 is 12.4 Å². The Balaban J connectivity index is 0.00000261. The van der Waals surface area contributed by atoms with E-state index in [0.29, 0.717) is 23.6 Å². The van der Waals surface area contributed by atoms with Crippen molar-refractivity contribution in [3.8, 4) is 17.2 Å². The van der Waals surface area contributed by atoms with Gasteiger partial charge >= 0.3 is 0 Å². The number of halogens is 2. The zero-order valence-corrected chi connectivity index (χ0v) is 16.2. The van der Waals surface area contributed by atoms with Crippen LogP contribution in [0.5, 0.6) is 17.2 Å². The summed E-state index contributed by atoms with van der Waals surface area (Å²) in [6, 6.07) is 10.0. The average Bonchev–Trinajstić information content (AvgIpc) is 3.11. The first-order chi connectivity index (χ1) is 12.5. The summed E-state index contributed by atoms with van der Waals surface area (Å²) in [6.45, 7) is 2.88. The maximum atomic E-state index is 14.4. The number of nitrogens with one attached hydrogen (secondary N) is 2. The summed E-state index contributed by atoms with van der Waals surface area (Å²) < 4.78 is 25.3. The second-order valence-corrected chi connectivity index (χ2v) is 6.45. The molecule has 0 spiro atoms. The van der Waals surface area contributed by atoms with Crippen molar-refractivity contribution in [3.05, 3.63) is 47.8 Å². The number of hydrogen-bond acceptors (Lipinski definition) is 4. The van der Waals surface area contributed by atoms with Crippen LogP contribution in [-0.2, 0) is 4.79 Å². The molecule has 1 atom stereocenters. The molecule has 0 saturated carbocycles. The molecule has 1 amide bonds. The minimum Gasteiger partial charge on any atom is -0.493 e. The lowest BCUT2D eigenvalue weighted by molar-refractivity contribution is -0.116. The van der Waals surface area contributed by atoms with Crippen LogP contribution in [0.25, 0.3) is 0 Å². The maximum absolute atomic E-state index is 14.4. The molecule has 2 aromatic rings. The molecule has 0 radical (unpaired) electrons. The molecule has 0 aromatic heterocycles. The van der Waals surface area contributed by atoms with Crippen molar-refractivity contribution < 1.29 is 18.7 Å². The Bertz CT molecular complexity index is 795. The summed E-state index contributed by atoms with van der Waals surface area (Å²) in [6.07, 6.45) is 2.47. The fourth-order valence-electron chi connectivity index (χ4n) is 3.01. The van der Waals surface area contributed by atoms with Crippen molar-refractivity contribution >= 4 is 24.0 Å². The number of aryl methyl sites for hydroxylation is 1. The van der Waals surface area contributed by atoms with Crippen LogP contribution in [-0.4, -0.2) is 25.6 Å². The molecule has 3 rings (SSSR count). The van der Waals surface area contributed by atoms with Crippen molar-refractivity contribution in [1.29, 1.82) is 0 Å². The number of amides is 1. The number of hydrogen-bond donors (Lipinski definition) is 2. The van der Waals surface area contributed by atoms with E-state index in [9.17, 15) is 9.18 Å². The number of methoxy groups -OCH3 is 1. The Hall–Kier alpha value is -2.31. The Morgan fingerprint density at radius 1 is 1.22 bits per heavy atom. The summed E-state index contributed by atoms with van der Waals surface area (Å²) in [5.74, 6) is 0.358. The summed E-state index contributed by atoms with van der Waals surface area (Å²) in [4.78, 5) is 12.0. The van der Waals surface area contributed by atoms with Crippen molar-refractivity contribution in [1.82, 2.24) is 5.32 Å². The lowest BCUT2D eigenvalue weighted by Gasteiger charge is -2.13. The van der Waals surface area contributed by atoms with E-state index in [1.54, 1.807) is 12.1 Å². The third-order valence-electron chi connectivity index (χ3n) is 4.35. The van der Waals surface area contributed by atoms with E-state index in [1.165, 1.54) is 19.2 Å².